The molecule has 3 rings (SSSR count). The molecule has 3 heterocycles. The van der Waals surface area contributed by atoms with Gasteiger partial charge in [-0.15, -0.1) is 5.10 Å². The van der Waals surface area contributed by atoms with Gasteiger partial charge in [-0.25, -0.2) is 14.2 Å². The second-order valence-corrected chi connectivity index (χ2v) is 6.44. The maximum absolute atomic E-state index is 12.3. The van der Waals surface area contributed by atoms with Crippen molar-refractivity contribution >= 4 is 23.4 Å². The fourth-order valence-electron chi connectivity index (χ4n) is 2.10. The predicted molar refractivity (Wildman–Crippen MR) is 86.7 cm³/mol. The minimum Gasteiger partial charge on any atom is -0.350 e. The average molecular weight is 347 g/mol. The van der Waals surface area contributed by atoms with E-state index in [9.17, 15) is 4.79 Å². The molecule has 0 fully saturated rings. The van der Waals surface area contributed by atoms with Crippen LogP contribution in [0.3, 0.4) is 0 Å². The lowest BCUT2D eigenvalue weighted by molar-refractivity contribution is 0.0951. The highest BCUT2D eigenvalue weighted by Gasteiger charge is 2.15. The number of aryl methyl sites for hydroxylation is 1. The van der Waals surface area contributed by atoms with Gasteiger partial charge in [-0.3, -0.25) is 4.79 Å². The Morgan fingerprint density at radius 2 is 2.25 bits per heavy atom. The van der Waals surface area contributed by atoms with Crippen LogP contribution >= 0.6 is 11.8 Å². The summed E-state index contributed by atoms with van der Waals surface area (Å²) in [6, 6.07) is 1.75. The molecular weight excluding hydrogens is 330 g/mol. The van der Waals surface area contributed by atoms with E-state index < -0.39 is 0 Å². The number of aromatic nitrogens is 8. The first-order valence-electron chi connectivity index (χ1n) is 7.40. The molecule has 0 spiro atoms. The Morgan fingerprint density at radius 1 is 1.42 bits per heavy atom. The maximum atomic E-state index is 12.3. The summed E-state index contributed by atoms with van der Waals surface area (Å²) in [4.78, 5) is 20.7. The summed E-state index contributed by atoms with van der Waals surface area (Å²) >= 11 is 1.47. The summed E-state index contributed by atoms with van der Waals surface area (Å²) in [5.41, 5.74) is 1.23. The van der Waals surface area contributed by atoms with E-state index in [1.54, 1.807) is 22.3 Å². The second kappa shape index (κ2) is 6.91. The van der Waals surface area contributed by atoms with Crippen molar-refractivity contribution < 1.29 is 4.79 Å². The standard InChI is InChI=1S/C13H17N9OS/c1-8(2)10-6-9(17-12-15-7-16-22(10)12)11(23)14-4-5-24-13-18-19-20-21(13)3/h6-8H,4-5H2,1-3H3,(H,14,23). The monoisotopic (exact) mass is 347 g/mol. The highest BCUT2D eigenvalue weighted by Crippen LogP contribution is 2.15. The van der Waals surface area contributed by atoms with Gasteiger partial charge in [0.2, 0.25) is 5.16 Å². The van der Waals surface area contributed by atoms with Gasteiger partial charge in [0.15, 0.2) is 0 Å². The number of carbonyl (C=O) groups is 1. The maximum Gasteiger partial charge on any atom is 0.270 e. The first kappa shape index (κ1) is 16.3. The first-order valence-corrected chi connectivity index (χ1v) is 8.39. The summed E-state index contributed by atoms with van der Waals surface area (Å²) in [6.07, 6.45) is 1.43. The highest BCUT2D eigenvalue weighted by molar-refractivity contribution is 7.99. The lowest BCUT2D eigenvalue weighted by atomic mass is 10.1. The molecule has 126 valence electrons. The molecule has 24 heavy (non-hydrogen) atoms. The van der Waals surface area contributed by atoms with Crippen molar-refractivity contribution in [3.63, 3.8) is 0 Å². The fourth-order valence-corrected chi connectivity index (χ4v) is 2.81. The molecule has 1 amide bonds. The Bertz CT molecular complexity index is 856. The first-order chi connectivity index (χ1) is 11.6. The van der Waals surface area contributed by atoms with E-state index in [0.717, 1.165) is 5.69 Å². The van der Waals surface area contributed by atoms with Crippen molar-refractivity contribution in [1.82, 2.24) is 45.1 Å². The van der Waals surface area contributed by atoms with Crippen LogP contribution in [0.4, 0.5) is 0 Å². The number of fused-ring (bicyclic) bond motifs is 1. The lowest BCUT2D eigenvalue weighted by Gasteiger charge is -2.10. The van der Waals surface area contributed by atoms with E-state index >= 15 is 0 Å². The van der Waals surface area contributed by atoms with Gasteiger partial charge in [-0.05, 0) is 22.4 Å². The fraction of sp³-hybridized carbons (Fsp3) is 0.462. The summed E-state index contributed by atoms with van der Waals surface area (Å²) in [7, 11) is 1.77. The second-order valence-electron chi connectivity index (χ2n) is 5.38. The van der Waals surface area contributed by atoms with E-state index in [4.69, 9.17) is 0 Å². The van der Waals surface area contributed by atoms with Gasteiger partial charge in [-0.2, -0.15) is 10.1 Å². The molecule has 0 aromatic carbocycles. The van der Waals surface area contributed by atoms with Gasteiger partial charge >= 0.3 is 0 Å². The van der Waals surface area contributed by atoms with Crippen molar-refractivity contribution in [1.29, 1.82) is 0 Å². The van der Waals surface area contributed by atoms with Gasteiger partial charge < -0.3 is 5.32 Å². The number of rotatable bonds is 6. The van der Waals surface area contributed by atoms with Crippen LogP contribution in [-0.2, 0) is 7.05 Å². The number of amides is 1. The van der Waals surface area contributed by atoms with Gasteiger partial charge in [-0.1, -0.05) is 25.6 Å². The molecule has 0 radical (unpaired) electrons. The quantitative estimate of drug-likeness (QED) is 0.500. The molecule has 0 aliphatic carbocycles. The van der Waals surface area contributed by atoms with E-state index in [0.29, 0.717) is 28.9 Å². The van der Waals surface area contributed by atoms with Crippen LogP contribution in [-0.4, -0.2) is 58.0 Å². The Kier molecular flexibility index (Phi) is 4.69. The Labute approximate surface area is 142 Å². The van der Waals surface area contributed by atoms with Crippen LogP contribution in [0.25, 0.3) is 5.78 Å². The molecule has 10 nitrogen and oxygen atoms in total. The molecule has 3 aromatic rings. The number of tetrazole rings is 1. The Morgan fingerprint density at radius 3 is 2.96 bits per heavy atom. The van der Waals surface area contributed by atoms with E-state index in [2.05, 4.69) is 35.9 Å². The summed E-state index contributed by atoms with van der Waals surface area (Å²) in [6.45, 7) is 4.54. The van der Waals surface area contributed by atoms with Crippen molar-refractivity contribution in [3.05, 3.63) is 23.8 Å². The largest absolute Gasteiger partial charge is 0.350 e. The zero-order valence-electron chi connectivity index (χ0n) is 13.5. The smallest absolute Gasteiger partial charge is 0.270 e. The molecule has 11 heteroatoms. The van der Waals surface area contributed by atoms with E-state index in [1.165, 1.54) is 18.1 Å². The summed E-state index contributed by atoms with van der Waals surface area (Å²) < 4.78 is 3.24. The van der Waals surface area contributed by atoms with Crippen molar-refractivity contribution in [2.24, 2.45) is 7.05 Å². The highest BCUT2D eigenvalue weighted by atomic mass is 32.2. The molecule has 0 saturated heterocycles. The molecule has 0 saturated carbocycles. The molecule has 0 aliphatic heterocycles. The van der Waals surface area contributed by atoms with Crippen LogP contribution < -0.4 is 5.32 Å². The van der Waals surface area contributed by atoms with E-state index in [1.807, 2.05) is 13.8 Å². The number of nitrogens with zero attached hydrogens (tertiary/aromatic N) is 8. The number of thioether (sulfide) groups is 1. The van der Waals surface area contributed by atoms with Gasteiger partial charge in [0.1, 0.15) is 12.0 Å². The Balaban J connectivity index is 1.64. The molecular formula is C13H17N9OS. The zero-order valence-corrected chi connectivity index (χ0v) is 14.4. The van der Waals surface area contributed by atoms with Crippen LogP contribution in [0.15, 0.2) is 17.6 Å². The predicted octanol–water partition coefficient (Wildman–Crippen LogP) is 0.293. The number of hydrogen-bond donors (Lipinski definition) is 1. The third kappa shape index (κ3) is 3.35. The molecule has 0 bridgehead atoms. The van der Waals surface area contributed by atoms with Gasteiger partial charge in [0.05, 0.1) is 5.69 Å². The SMILES string of the molecule is CC(C)c1cc(C(=O)NCCSc2nnnn2C)nc2ncnn12. The van der Waals surface area contributed by atoms with Crippen LogP contribution in [0, 0.1) is 0 Å². The average Bonchev–Trinajstić information content (AvgIpc) is 3.18. The van der Waals surface area contributed by atoms with Crippen LogP contribution in [0.5, 0.6) is 0 Å². The summed E-state index contributed by atoms with van der Waals surface area (Å²) in [5, 5.41) is 18.9. The molecule has 3 aromatic heterocycles. The van der Waals surface area contributed by atoms with Gasteiger partial charge in [0.25, 0.3) is 11.7 Å². The van der Waals surface area contributed by atoms with Gasteiger partial charge in [0, 0.05) is 19.3 Å². The molecule has 1 N–H and O–H groups in total. The topological polar surface area (TPSA) is 116 Å². The zero-order chi connectivity index (χ0) is 17.1. The van der Waals surface area contributed by atoms with Crippen molar-refractivity contribution in [3.8, 4) is 0 Å². The van der Waals surface area contributed by atoms with Crippen LogP contribution in [0.1, 0.15) is 35.9 Å². The van der Waals surface area contributed by atoms with Crippen molar-refractivity contribution in [2.75, 3.05) is 12.3 Å². The summed E-state index contributed by atoms with van der Waals surface area (Å²) in [5.74, 6) is 1.04. The molecule has 0 aliphatic rings. The minimum atomic E-state index is -0.237. The number of hydrogen-bond acceptors (Lipinski definition) is 8. The van der Waals surface area contributed by atoms with E-state index in [-0.39, 0.29) is 11.8 Å². The molecule has 0 unspecified atom stereocenters. The number of carbonyl (C=O) groups excluding carboxylic acids is 1. The normalized spacial score (nSPS) is 11.3. The third-order valence-electron chi connectivity index (χ3n) is 3.30. The van der Waals surface area contributed by atoms with Crippen LogP contribution in [0.2, 0.25) is 0 Å². The number of nitrogens with one attached hydrogen (secondary N) is 1. The Hall–Kier alpha value is -2.56. The molecule has 0 atom stereocenters. The lowest BCUT2D eigenvalue weighted by Crippen LogP contribution is -2.27. The third-order valence-corrected chi connectivity index (χ3v) is 4.32. The minimum absolute atomic E-state index is 0.197. The van der Waals surface area contributed by atoms with Crippen molar-refractivity contribution in [2.45, 2.75) is 24.9 Å².